The highest BCUT2D eigenvalue weighted by atomic mass is 32.2. The maximum absolute atomic E-state index is 13.3. The average molecular weight is 381 g/mol. The number of carbonyl (C=O) groups excluding carboxylic acids is 2. The summed E-state index contributed by atoms with van der Waals surface area (Å²) in [7, 11) is 0. The van der Waals surface area contributed by atoms with Crippen LogP contribution in [0.1, 0.15) is 31.9 Å². The number of imide groups is 1. The summed E-state index contributed by atoms with van der Waals surface area (Å²) in [5.41, 5.74) is 2.72. The monoisotopic (exact) mass is 381 g/mol. The molecule has 1 aliphatic rings. The summed E-state index contributed by atoms with van der Waals surface area (Å²) < 4.78 is 5.49. The minimum atomic E-state index is -0.276. The number of hydrogen-bond acceptors (Lipinski definition) is 4. The number of benzene rings is 2. The Kier molecular flexibility index (Phi) is 5.71. The number of anilines is 1. The molecule has 4 nitrogen and oxygen atoms in total. The summed E-state index contributed by atoms with van der Waals surface area (Å²) in [5.74, 6) is 0.214. The van der Waals surface area contributed by atoms with Crippen molar-refractivity contribution in [2.24, 2.45) is 0 Å². The van der Waals surface area contributed by atoms with Gasteiger partial charge < -0.3 is 4.74 Å². The predicted molar refractivity (Wildman–Crippen MR) is 111 cm³/mol. The lowest BCUT2D eigenvalue weighted by Crippen LogP contribution is -2.32. The van der Waals surface area contributed by atoms with Crippen LogP contribution in [0.3, 0.4) is 0 Å². The molecule has 0 spiro atoms. The van der Waals surface area contributed by atoms with Crippen LogP contribution in [0.15, 0.2) is 53.4 Å². The van der Waals surface area contributed by atoms with Crippen LogP contribution in [0.5, 0.6) is 5.75 Å². The van der Waals surface area contributed by atoms with Gasteiger partial charge in [0.2, 0.25) is 0 Å². The SMILES string of the molecule is CCOc1ccc(C2=C(SC(C)C)C(=O)N(c3ccccc3C)C2=O)cc1. The Balaban J connectivity index is 2.07. The molecule has 140 valence electrons. The van der Waals surface area contributed by atoms with E-state index in [0.29, 0.717) is 22.8 Å². The molecule has 2 aromatic carbocycles. The van der Waals surface area contributed by atoms with Crippen LogP contribution in [0.2, 0.25) is 0 Å². The van der Waals surface area contributed by atoms with Gasteiger partial charge in [-0.15, -0.1) is 11.8 Å². The van der Waals surface area contributed by atoms with Crippen molar-refractivity contribution in [1.82, 2.24) is 0 Å². The van der Waals surface area contributed by atoms with Gasteiger partial charge in [0.05, 0.1) is 22.8 Å². The van der Waals surface area contributed by atoms with Crippen molar-refractivity contribution in [1.29, 1.82) is 0 Å². The molecule has 0 saturated heterocycles. The third-order valence-electron chi connectivity index (χ3n) is 4.21. The van der Waals surface area contributed by atoms with Crippen LogP contribution < -0.4 is 9.64 Å². The second kappa shape index (κ2) is 8.01. The van der Waals surface area contributed by atoms with E-state index in [2.05, 4.69) is 0 Å². The molecule has 0 saturated carbocycles. The van der Waals surface area contributed by atoms with Crippen LogP contribution >= 0.6 is 11.8 Å². The molecule has 2 amide bonds. The molecule has 0 bridgehead atoms. The first-order valence-electron chi connectivity index (χ1n) is 9.02. The lowest BCUT2D eigenvalue weighted by atomic mass is 10.1. The van der Waals surface area contributed by atoms with Crippen LogP contribution in [0.4, 0.5) is 5.69 Å². The van der Waals surface area contributed by atoms with Crippen molar-refractivity contribution in [3.63, 3.8) is 0 Å². The number of rotatable bonds is 6. The largest absolute Gasteiger partial charge is 0.494 e. The maximum atomic E-state index is 13.3. The Morgan fingerprint density at radius 1 is 1.00 bits per heavy atom. The third kappa shape index (κ3) is 3.78. The highest BCUT2D eigenvalue weighted by Gasteiger charge is 2.40. The zero-order chi connectivity index (χ0) is 19.6. The van der Waals surface area contributed by atoms with E-state index in [0.717, 1.165) is 16.9 Å². The van der Waals surface area contributed by atoms with Gasteiger partial charge in [-0.2, -0.15) is 0 Å². The van der Waals surface area contributed by atoms with E-state index >= 15 is 0 Å². The third-order valence-corrected chi connectivity index (χ3v) is 5.29. The molecule has 0 aliphatic carbocycles. The van der Waals surface area contributed by atoms with Gasteiger partial charge in [-0.25, -0.2) is 4.90 Å². The molecule has 0 fully saturated rings. The quantitative estimate of drug-likeness (QED) is 0.673. The molecule has 0 atom stereocenters. The minimum Gasteiger partial charge on any atom is -0.494 e. The molecule has 27 heavy (non-hydrogen) atoms. The van der Waals surface area contributed by atoms with Gasteiger partial charge in [0.1, 0.15) is 5.75 Å². The molecular formula is C22H23NO3S. The maximum Gasteiger partial charge on any atom is 0.272 e. The van der Waals surface area contributed by atoms with Crippen LogP contribution in [0, 0.1) is 6.92 Å². The average Bonchev–Trinajstić information content (AvgIpc) is 2.87. The second-order valence-corrected chi connectivity index (χ2v) is 8.15. The van der Waals surface area contributed by atoms with Crippen molar-refractivity contribution in [2.45, 2.75) is 32.9 Å². The smallest absolute Gasteiger partial charge is 0.272 e. The Labute approximate surface area is 164 Å². The zero-order valence-electron chi connectivity index (χ0n) is 16.0. The van der Waals surface area contributed by atoms with Gasteiger partial charge in [-0.1, -0.05) is 44.2 Å². The molecule has 1 aliphatic heterocycles. The fraction of sp³-hybridized carbons (Fsp3) is 0.273. The van der Waals surface area contributed by atoms with Gasteiger partial charge >= 0.3 is 0 Å². The summed E-state index contributed by atoms with van der Waals surface area (Å²) in [6, 6.07) is 14.8. The van der Waals surface area contributed by atoms with E-state index in [1.54, 1.807) is 0 Å². The van der Waals surface area contributed by atoms with Gasteiger partial charge in [0, 0.05) is 5.25 Å². The number of thioether (sulfide) groups is 1. The standard InChI is InChI=1S/C22H23NO3S/c1-5-26-17-12-10-16(11-13-17)19-20(27-14(2)3)22(25)23(21(19)24)18-9-7-6-8-15(18)4/h6-14H,5H2,1-4H3. The van der Waals surface area contributed by atoms with E-state index < -0.39 is 0 Å². The number of para-hydroxylation sites is 1. The number of nitrogens with zero attached hydrogens (tertiary/aromatic N) is 1. The lowest BCUT2D eigenvalue weighted by molar-refractivity contribution is -0.119. The van der Waals surface area contributed by atoms with Gasteiger partial charge in [-0.3, -0.25) is 9.59 Å². The van der Waals surface area contributed by atoms with Crippen molar-refractivity contribution in [2.75, 3.05) is 11.5 Å². The van der Waals surface area contributed by atoms with Crippen molar-refractivity contribution in [3.8, 4) is 5.75 Å². The Morgan fingerprint density at radius 2 is 1.67 bits per heavy atom. The van der Waals surface area contributed by atoms with E-state index in [-0.39, 0.29) is 17.1 Å². The van der Waals surface area contributed by atoms with E-state index in [4.69, 9.17) is 4.74 Å². The van der Waals surface area contributed by atoms with Crippen LogP contribution in [-0.4, -0.2) is 23.7 Å². The van der Waals surface area contributed by atoms with E-state index in [1.165, 1.54) is 16.7 Å². The van der Waals surface area contributed by atoms with E-state index in [1.807, 2.05) is 76.2 Å². The van der Waals surface area contributed by atoms with Crippen LogP contribution in [0.25, 0.3) is 5.57 Å². The molecular weight excluding hydrogens is 358 g/mol. The highest BCUT2D eigenvalue weighted by Crippen LogP contribution is 2.40. The van der Waals surface area contributed by atoms with Crippen LogP contribution in [-0.2, 0) is 9.59 Å². The highest BCUT2D eigenvalue weighted by molar-refractivity contribution is 8.04. The van der Waals surface area contributed by atoms with Gasteiger partial charge in [-0.05, 0) is 43.2 Å². The Morgan fingerprint density at radius 3 is 2.26 bits per heavy atom. The van der Waals surface area contributed by atoms with Crippen molar-refractivity contribution < 1.29 is 14.3 Å². The molecule has 0 aromatic heterocycles. The van der Waals surface area contributed by atoms with Crippen molar-refractivity contribution in [3.05, 3.63) is 64.6 Å². The first kappa shape index (κ1) is 19.2. The summed E-state index contributed by atoms with van der Waals surface area (Å²) >= 11 is 1.43. The summed E-state index contributed by atoms with van der Waals surface area (Å²) in [4.78, 5) is 28.2. The molecule has 3 rings (SSSR count). The number of amides is 2. The normalized spacial score (nSPS) is 14.5. The van der Waals surface area contributed by atoms with E-state index in [9.17, 15) is 9.59 Å². The summed E-state index contributed by atoms with van der Waals surface area (Å²) in [6.45, 7) is 8.44. The molecule has 0 N–H and O–H groups in total. The first-order chi connectivity index (χ1) is 12.9. The number of carbonyl (C=O) groups is 2. The van der Waals surface area contributed by atoms with Gasteiger partial charge in [0.15, 0.2) is 0 Å². The topological polar surface area (TPSA) is 46.6 Å². The predicted octanol–water partition coefficient (Wildman–Crippen LogP) is 4.82. The minimum absolute atomic E-state index is 0.186. The molecule has 1 heterocycles. The second-order valence-electron chi connectivity index (χ2n) is 6.56. The fourth-order valence-electron chi connectivity index (χ4n) is 3.03. The zero-order valence-corrected chi connectivity index (χ0v) is 16.8. The molecule has 2 aromatic rings. The Bertz CT molecular complexity index is 900. The summed E-state index contributed by atoms with van der Waals surface area (Å²) in [6.07, 6.45) is 0. The lowest BCUT2D eigenvalue weighted by Gasteiger charge is -2.17. The first-order valence-corrected chi connectivity index (χ1v) is 9.90. The van der Waals surface area contributed by atoms with Crippen molar-refractivity contribution >= 4 is 34.8 Å². The number of aryl methyl sites for hydroxylation is 1. The Hall–Kier alpha value is -2.53. The van der Waals surface area contributed by atoms with Gasteiger partial charge in [0.25, 0.3) is 11.8 Å². The summed E-state index contributed by atoms with van der Waals surface area (Å²) in [5, 5.41) is 0.186. The number of ether oxygens (including phenoxy) is 1. The molecule has 0 unspecified atom stereocenters. The number of hydrogen-bond donors (Lipinski definition) is 0. The molecule has 5 heteroatoms. The molecule has 0 radical (unpaired) electrons. The fourth-order valence-corrected chi connectivity index (χ4v) is 4.01.